The van der Waals surface area contributed by atoms with Crippen LogP contribution in [0.1, 0.15) is 38.2 Å². The van der Waals surface area contributed by atoms with Crippen molar-refractivity contribution < 1.29 is 13.2 Å². The molecule has 1 saturated carbocycles. The van der Waals surface area contributed by atoms with E-state index in [0.717, 1.165) is 37.8 Å². The Labute approximate surface area is 122 Å². The van der Waals surface area contributed by atoms with Gasteiger partial charge in [0.2, 0.25) is 0 Å². The molecule has 0 atom stereocenters. The van der Waals surface area contributed by atoms with E-state index in [-0.39, 0.29) is 11.9 Å². The van der Waals surface area contributed by atoms with Crippen LogP contribution in [-0.2, 0) is 6.18 Å². The number of rotatable bonds is 3. The zero-order chi connectivity index (χ0) is 15.6. The van der Waals surface area contributed by atoms with Crippen LogP contribution in [0.4, 0.5) is 24.8 Å². The van der Waals surface area contributed by atoms with Crippen molar-refractivity contribution in [3.63, 3.8) is 0 Å². The first-order valence-corrected chi connectivity index (χ1v) is 7.10. The number of aromatic nitrogens is 1. The molecule has 0 aliphatic heterocycles. The molecule has 1 aromatic heterocycles. The van der Waals surface area contributed by atoms with Gasteiger partial charge in [0.25, 0.3) is 0 Å². The third-order valence-corrected chi connectivity index (χ3v) is 4.18. The average Bonchev–Trinajstić information content (AvgIpc) is 2.46. The van der Waals surface area contributed by atoms with Crippen LogP contribution in [0.3, 0.4) is 0 Å². The molecule has 1 aromatic rings. The first-order chi connectivity index (χ1) is 9.81. The van der Waals surface area contributed by atoms with Crippen molar-refractivity contribution in [1.82, 2.24) is 4.98 Å². The molecule has 0 spiro atoms. The fourth-order valence-corrected chi connectivity index (χ4v) is 2.75. The minimum Gasteiger partial charge on any atom is -0.357 e. The van der Waals surface area contributed by atoms with Crippen LogP contribution in [0.15, 0.2) is 12.1 Å². The van der Waals surface area contributed by atoms with Gasteiger partial charge in [0.05, 0.1) is 5.56 Å². The molecule has 0 amide bonds. The van der Waals surface area contributed by atoms with E-state index in [9.17, 15) is 13.2 Å². The highest BCUT2D eigenvalue weighted by molar-refractivity contribution is 5.51. The van der Waals surface area contributed by atoms with E-state index in [1.807, 2.05) is 4.90 Å². The Morgan fingerprint density at radius 2 is 1.86 bits per heavy atom. The second-order valence-electron chi connectivity index (χ2n) is 5.77. The summed E-state index contributed by atoms with van der Waals surface area (Å²) in [6.45, 7) is 2.20. The van der Waals surface area contributed by atoms with Gasteiger partial charge < -0.3 is 10.3 Å². The molecule has 7 heteroatoms. The highest BCUT2D eigenvalue weighted by Gasteiger charge is 2.32. The summed E-state index contributed by atoms with van der Waals surface area (Å²) < 4.78 is 38.8. The molecule has 0 saturated heterocycles. The van der Waals surface area contributed by atoms with Crippen LogP contribution in [0, 0.1) is 5.92 Å². The second kappa shape index (κ2) is 6.09. The predicted molar refractivity (Wildman–Crippen MR) is 76.9 cm³/mol. The van der Waals surface area contributed by atoms with Crippen molar-refractivity contribution in [2.75, 3.05) is 17.4 Å². The SMILES string of the molecule is CC1CCC(N(C)c2cc(C(F)(F)F)cc(NN)n2)CC1. The lowest BCUT2D eigenvalue weighted by atomic mass is 9.87. The summed E-state index contributed by atoms with van der Waals surface area (Å²) in [5.41, 5.74) is 1.47. The van der Waals surface area contributed by atoms with Crippen molar-refractivity contribution in [1.29, 1.82) is 0 Å². The van der Waals surface area contributed by atoms with E-state index in [0.29, 0.717) is 11.7 Å². The fourth-order valence-electron chi connectivity index (χ4n) is 2.75. The largest absolute Gasteiger partial charge is 0.416 e. The Morgan fingerprint density at radius 1 is 1.24 bits per heavy atom. The minimum absolute atomic E-state index is 0.0239. The van der Waals surface area contributed by atoms with E-state index in [2.05, 4.69) is 17.3 Å². The maximum Gasteiger partial charge on any atom is 0.416 e. The van der Waals surface area contributed by atoms with Crippen LogP contribution < -0.4 is 16.2 Å². The molecule has 118 valence electrons. The first-order valence-electron chi connectivity index (χ1n) is 7.10. The van der Waals surface area contributed by atoms with Gasteiger partial charge in [-0.05, 0) is 43.7 Å². The summed E-state index contributed by atoms with van der Waals surface area (Å²) >= 11 is 0. The number of nitrogens with two attached hydrogens (primary N) is 1. The Kier molecular flexibility index (Phi) is 4.61. The molecule has 1 heterocycles. The number of nitrogens with zero attached hydrogens (tertiary/aromatic N) is 2. The smallest absolute Gasteiger partial charge is 0.357 e. The Bertz CT molecular complexity index is 482. The predicted octanol–water partition coefficient (Wildman–Crippen LogP) is 3.40. The summed E-state index contributed by atoms with van der Waals surface area (Å²) in [5.74, 6) is 6.24. The molecular formula is C14H21F3N4. The molecular weight excluding hydrogens is 281 g/mol. The normalized spacial score (nSPS) is 23.0. The van der Waals surface area contributed by atoms with E-state index in [1.54, 1.807) is 7.05 Å². The fraction of sp³-hybridized carbons (Fsp3) is 0.643. The van der Waals surface area contributed by atoms with Crippen molar-refractivity contribution in [2.45, 2.75) is 44.8 Å². The highest BCUT2D eigenvalue weighted by Crippen LogP contribution is 2.34. The van der Waals surface area contributed by atoms with Crippen LogP contribution >= 0.6 is 0 Å². The van der Waals surface area contributed by atoms with Gasteiger partial charge in [-0.2, -0.15) is 13.2 Å². The standard InChI is InChI=1S/C14H21F3N4/c1-9-3-5-11(6-4-9)21(2)13-8-10(14(15,16)17)7-12(19-13)20-18/h7-9,11H,3-6,18H2,1-2H3,(H,19,20). The summed E-state index contributed by atoms with van der Waals surface area (Å²) in [7, 11) is 1.80. The van der Waals surface area contributed by atoms with Crippen molar-refractivity contribution in [3.8, 4) is 0 Å². The number of nitrogens with one attached hydrogen (secondary N) is 1. The minimum atomic E-state index is -4.41. The van der Waals surface area contributed by atoms with Crippen LogP contribution in [-0.4, -0.2) is 18.1 Å². The Balaban J connectivity index is 2.25. The zero-order valence-corrected chi connectivity index (χ0v) is 12.2. The lowest BCUT2D eigenvalue weighted by molar-refractivity contribution is -0.137. The quantitative estimate of drug-likeness (QED) is 0.664. The van der Waals surface area contributed by atoms with Gasteiger partial charge in [0.1, 0.15) is 11.6 Å². The maximum absolute atomic E-state index is 12.9. The van der Waals surface area contributed by atoms with Gasteiger partial charge in [0.15, 0.2) is 0 Å². The lowest BCUT2D eigenvalue weighted by Gasteiger charge is -2.34. The van der Waals surface area contributed by atoms with Crippen molar-refractivity contribution >= 4 is 11.6 Å². The summed E-state index contributed by atoms with van der Waals surface area (Å²) in [6, 6.07) is 2.22. The summed E-state index contributed by atoms with van der Waals surface area (Å²) in [5, 5.41) is 0. The lowest BCUT2D eigenvalue weighted by Crippen LogP contribution is -2.35. The van der Waals surface area contributed by atoms with Crippen LogP contribution in [0.5, 0.6) is 0 Å². The molecule has 2 rings (SSSR count). The van der Waals surface area contributed by atoms with Gasteiger partial charge >= 0.3 is 6.18 Å². The van der Waals surface area contributed by atoms with Gasteiger partial charge in [-0.25, -0.2) is 10.8 Å². The molecule has 21 heavy (non-hydrogen) atoms. The maximum atomic E-state index is 12.9. The molecule has 4 nitrogen and oxygen atoms in total. The second-order valence-corrected chi connectivity index (χ2v) is 5.77. The molecule has 1 aliphatic rings. The average molecular weight is 302 g/mol. The molecule has 0 bridgehead atoms. The van der Waals surface area contributed by atoms with Crippen LogP contribution in [0.25, 0.3) is 0 Å². The number of anilines is 2. The van der Waals surface area contributed by atoms with Gasteiger partial charge in [-0.15, -0.1) is 0 Å². The molecule has 1 aliphatic carbocycles. The van der Waals surface area contributed by atoms with E-state index < -0.39 is 11.7 Å². The molecule has 3 N–H and O–H groups in total. The molecule has 0 radical (unpaired) electrons. The zero-order valence-electron chi connectivity index (χ0n) is 12.2. The number of hydrogen-bond donors (Lipinski definition) is 2. The number of nitrogen functional groups attached to an aromatic ring is 1. The molecule has 1 fully saturated rings. The van der Waals surface area contributed by atoms with Gasteiger partial charge in [0, 0.05) is 13.1 Å². The number of alkyl halides is 3. The van der Waals surface area contributed by atoms with E-state index >= 15 is 0 Å². The van der Waals surface area contributed by atoms with Crippen LogP contribution in [0.2, 0.25) is 0 Å². The van der Waals surface area contributed by atoms with E-state index in [1.165, 1.54) is 0 Å². The third-order valence-electron chi connectivity index (χ3n) is 4.18. The Hall–Kier alpha value is -1.50. The van der Waals surface area contributed by atoms with Gasteiger partial charge in [-0.3, -0.25) is 0 Å². The first kappa shape index (κ1) is 15.9. The van der Waals surface area contributed by atoms with Crippen molar-refractivity contribution in [3.05, 3.63) is 17.7 Å². The Morgan fingerprint density at radius 3 is 2.38 bits per heavy atom. The molecule has 0 unspecified atom stereocenters. The molecule has 0 aromatic carbocycles. The summed E-state index contributed by atoms with van der Waals surface area (Å²) in [4.78, 5) is 5.98. The number of halogens is 3. The van der Waals surface area contributed by atoms with Gasteiger partial charge in [-0.1, -0.05) is 6.92 Å². The highest BCUT2D eigenvalue weighted by atomic mass is 19.4. The number of pyridine rings is 1. The monoisotopic (exact) mass is 302 g/mol. The number of hydrazine groups is 1. The van der Waals surface area contributed by atoms with Crippen molar-refractivity contribution in [2.24, 2.45) is 11.8 Å². The summed E-state index contributed by atoms with van der Waals surface area (Å²) in [6.07, 6.45) is -0.279. The van der Waals surface area contributed by atoms with E-state index in [4.69, 9.17) is 5.84 Å². The third kappa shape index (κ3) is 3.78. The number of hydrogen-bond acceptors (Lipinski definition) is 4. The topological polar surface area (TPSA) is 54.2 Å².